The molecule has 0 atom stereocenters. The molecule has 0 saturated heterocycles. The lowest BCUT2D eigenvalue weighted by Crippen LogP contribution is -2.38. The van der Waals surface area contributed by atoms with Crippen LogP contribution in [0.15, 0.2) is 42.5 Å². The van der Waals surface area contributed by atoms with Gasteiger partial charge in [0.15, 0.2) is 5.13 Å². The van der Waals surface area contributed by atoms with Gasteiger partial charge in [-0.05, 0) is 70.3 Å². The minimum absolute atomic E-state index is 0.0229. The van der Waals surface area contributed by atoms with Gasteiger partial charge in [0.2, 0.25) is 0 Å². The molecule has 3 rings (SSSR count). The molecule has 7 heteroatoms. The van der Waals surface area contributed by atoms with Gasteiger partial charge in [-0.25, -0.2) is 4.98 Å². The molecule has 1 amide bonds. The quantitative estimate of drug-likeness (QED) is 0.350. The number of thiazole rings is 1. The molecule has 0 aliphatic carbocycles. The van der Waals surface area contributed by atoms with E-state index in [1.165, 1.54) is 11.3 Å². The summed E-state index contributed by atoms with van der Waals surface area (Å²) in [6, 6.07) is 13.9. The number of ether oxygens (including phenoxy) is 1. The molecule has 178 valence electrons. The molecular formula is C26H36N4O2S. The molecule has 1 heterocycles. The number of benzene rings is 2. The number of amides is 1. The van der Waals surface area contributed by atoms with Crippen LogP contribution in [0.25, 0.3) is 10.2 Å². The van der Waals surface area contributed by atoms with Gasteiger partial charge < -0.3 is 14.5 Å². The SMILES string of the molecule is CCOc1cccc2sc(N(CCN(CC)CC)C(=O)c3ccc(N(CC)CC)cc3)nc12. The zero-order chi connectivity index (χ0) is 23.8. The number of hydrogen-bond acceptors (Lipinski definition) is 6. The summed E-state index contributed by atoms with van der Waals surface area (Å²) in [5, 5.41) is 0.710. The summed E-state index contributed by atoms with van der Waals surface area (Å²) in [5.41, 5.74) is 2.62. The Morgan fingerprint density at radius 3 is 2.21 bits per heavy atom. The van der Waals surface area contributed by atoms with Crippen LogP contribution in [0.2, 0.25) is 0 Å². The van der Waals surface area contributed by atoms with Crippen LogP contribution in [-0.2, 0) is 0 Å². The lowest BCUT2D eigenvalue weighted by Gasteiger charge is -2.25. The number of rotatable bonds is 12. The molecule has 0 bridgehead atoms. The third-order valence-corrected chi connectivity index (χ3v) is 6.97. The molecule has 0 unspecified atom stereocenters. The van der Waals surface area contributed by atoms with Gasteiger partial charge in [0.1, 0.15) is 11.3 Å². The number of carbonyl (C=O) groups is 1. The van der Waals surface area contributed by atoms with Crippen LogP contribution in [0.4, 0.5) is 10.8 Å². The summed E-state index contributed by atoms with van der Waals surface area (Å²) in [5.74, 6) is 0.738. The second-order valence-electron chi connectivity index (χ2n) is 7.74. The monoisotopic (exact) mass is 468 g/mol. The molecule has 0 saturated carbocycles. The van der Waals surface area contributed by atoms with E-state index in [0.717, 1.165) is 54.4 Å². The van der Waals surface area contributed by atoms with Crippen LogP contribution in [0.3, 0.4) is 0 Å². The number of para-hydroxylation sites is 1. The van der Waals surface area contributed by atoms with Gasteiger partial charge in [0.25, 0.3) is 5.91 Å². The lowest BCUT2D eigenvalue weighted by atomic mass is 10.1. The normalized spacial score (nSPS) is 11.2. The van der Waals surface area contributed by atoms with E-state index in [0.29, 0.717) is 23.8 Å². The van der Waals surface area contributed by atoms with Crippen molar-refractivity contribution in [3.05, 3.63) is 48.0 Å². The van der Waals surface area contributed by atoms with E-state index in [9.17, 15) is 4.79 Å². The molecule has 2 aromatic carbocycles. The first kappa shape index (κ1) is 25.0. The van der Waals surface area contributed by atoms with Gasteiger partial charge in [-0.1, -0.05) is 31.3 Å². The fourth-order valence-electron chi connectivity index (χ4n) is 3.92. The molecule has 1 aromatic heterocycles. The number of fused-ring (bicyclic) bond motifs is 1. The van der Waals surface area contributed by atoms with Crippen molar-refractivity contribution in [3.63, 3.8) is 0 Å². The predicted octanol–water partition coefficient (Wildman–Crippen LogP) is 5.53. The number of likely N-dealkylation sites (N-methyl/N-ethyl adjacent to an activating group) is 1. The average Bonchev–Trinajstić information content (AvgIpc) is 3.28. The first-order valence-electron chi connectivity index (χ1n) is 12.0. The first-order chi connectivity index (χ1) is 16.1. The fourth-order valence-corrected chi connectivity index (χ4v) is 4.93. The number of carbonyl (C=O) groups excluding carboxylic acids is 1. The van der Waals surface area contributed by atoms with E-state index in [1.807, 2.05) is 54.3 Å². The molecule has 0 fully saturated rings. The van der Waals surface area contributed by atoms with Gasteiger partial charge >= 0.3 is 0 Å². The zero-order valence-electron chi connectivity index (χ0n) is 20.5. The maximum Gasteiger partial charge on any atom is 0.260 e. The fraction of sp³-hybridized carbons (Fsp3) is 0.462. The Hall–Kier alpha value is -2.64. The Bertz CT molecular complexity index is 1030. The van der Waals surface area contributed by atoms with Crippen molar-refractivity contribution in [2.24, 2.45) is 0 Å². The number of hydrogen-bond donors (Lipinski definition) is 0. The summed E-state index contributed by atoms with van der Waals surface area (Å²) >= 11 is 1.54. The summed E-state index contributed by atoms with van der Waals surface area (Å²) < 4.78 is 6.80. The second kappa shape index (κ2) is 12.0. The molecule has 0 aliphatic rings. The van der Waals surface area contributed by atoms with Gasteiger partial charge in [-0.2, -0.15) is 0 Å². The number of aromatic nitrogens is 1. The van der Waals surface area contributed by atoms with Crippen molar-refractivity contribution in [1.82, 2.24) is 9.88 Å². The van der Waals surface area contributed by atoms with Crippen molar-refractivity contribution in [1.29, 1.82) is 0 Å². The van der Waals surface area contributed by atoms with E-state index < -0.39 is 0 Å². The van der Waals surface area contributed by atoms with Crippen LogP contribution in [0.5, 0.6) is 5.75 Å². The standard InChI is InChI=1S/C26H36N4O2S/c1-6-28(7-2)18-19-30(25(31)20-14-16-21(17-15-20)29(8-3)9-4)26-27-24-22(32-10-5)12-11-13-23(24)33-26/h11-17H,6-10,18-19H2,1-5H3. The van der Waals surface area contributed by atoms with E-state index in [-0.39, 0.29) is 5.91 Å². The van der Waals surface area contributed by atoms with Crippen molar-refractivity contribution in [3.8, 4) is 5.75 Å². The van der Waals surface area contributed by atoms with Crippen LogP contribution < -0.4 is 14.5 Å². The first-order valence-corrected chi connectivity index (χ1v) is 12.8. The third kappa shape index (κ3) is 5.84. The van der Waals surface area contributed by atoms with E-state index in [4.69, 9.17) is 9.72 Å². The number of anilines is 2. The van der Waals surface area contributed by atoms with Gasteiger partial charge in [-0.3, -0.25) is 9.69 Å². The third-order valence-electron chi connectivity index (χ3n) is 5.92. The zero-order valence-corrected chi connectivity index (χ0v) is 21.3. The van der Waals surface area contributed by atoms with Gasteiger partial charge in [-0.15, -0.1) is 0 Å². The summed E-state index contributed by atoms with van der Waals surface area (Å²) in [7, 11) is 0. The lowest BCUT2D eigenvalue weighted by molar-refractivity contribution is 0.0984. The molecule has 33 heavy (non-hydrogen) atoms. The van der Waals surface area contributed by atoms with Crippen LogP contribution in [0.1, 0.15) is 45.0 Å². The Balaban J connectivity index is 1.95. The smallest absolute Gasteiger partial charge is 0.260 e. The van der Waals surface area contributed by atoms with Crippen molar-refractivity contribution in [2.45, 2.75) is 34.6 Å². The summed E-state index contributed by atoms with van der Waals surface area (Å²) in [6.07, 6.45) is 0. The maximum atomic E-state index is 13.7. The summed E-state index contributed by atoms with van der Waals surface area (Å²) in [4.78, 5) is 24.9. The molecule has 0 N–H and O–H groups in total. The molecule has 3 aromatic rings. The van der Waals surface area contributed by atoms with E-state index in [2.05, 4.69) is 37.5 Å². The van der Waals surface area contributed by atoms with Gasteiger partial charge in [0.05, 0.1) is 11.3 Å². The maximum absolute atomic E-state index is 13.7. The predicted molar refractivity (Wildman–Crippen MR) is 140 cm³/mol. The van der Waals surface area contributed by atoms with E-state index >= 15 is 0 Å². The van der Waals surface area contributed by atoms with Gasteiger partial charge in [0, 0.05) is 37.4 Å². The van der Waals surface area contributed by atoms with Crippen LogP contribution in [0, 0.1) is 0 Å². The van der Waals surface area contributed by atoms with Crippen LogP contribution >= 0.6 is 11.3 Å². The van der Waals surface area contributed by atoms with E-state index in [1.54, 1.807) is 0 Å². The molecular weight excluding hydrogens is 432 g/mol. The topological polar surface area (TPSA) is 48.9 Å². The molecule has 0 spiro atoms. The summed E-state index contributed by atoms with van der Waals surface area (Å²) in [6.45, 7) is 16.3. The Kier molecular flexibility index (Phi) is 9.09. The highest BCUT2D eigenvalue weighted by molar-refractivity contribution is 7.22. The number of nitrogens with zero attached hydrogens (tertiary/aromatic N) is 4. The Morgan fingerprint density at radius 1 is 0.909 bits per heavy atom. The minimum Gasteiger partial charge on any atom is -0.492 e. The molecule has 0 aliphatic heterocycles. The van der Waals surface area contributed by atoms with Crippen molar-refractivity contribution >= 4 is 38.3 Å². The largest absolute Gasteiger partial charge is 0.492 e. The Labute approximate surface area is 201 Å². The molecule has 0 radical (unpaired) electrons. The average molecular weight is 469 g/mol. The molecule has 6 nitrogen and oxygen atoms in total. The Morgan fingerprint density at radius 2 is 1.61 bits per heavy atom. The van der Waals surface area contributed by atoms with Crippen molar-refractivity contribution < 1.29 is 9.53 Å². The highest BCUT2D eigenvalue weighted by Crippen LogP contribution is 2.35. The van der Waals surface area contributed by atoms with Crippen LogP contribution in [-0.4, -0.2) is 61.7 Å². The minimum atomic E-state index is -0.0229. The highest BCUT2D eigenvalue weighted by atomic mass is 32.1. The van der Waals surface area contributed by atoms with Crippen molar-refractivity contribution in [2.75, 3.05) is 55.7 Å². The second-order valence-corrected chi connectivity index (χ2v) is 8.74. The highest BCUT2D eigenvalue weighted by Gasteiger charge is 2.23.